The molecule has 0 unspecified atom stereocenters. The highest BCUT2D eigenvalue weighted by Crippen LogP contribution is 2.32. The number of nitrogens with zero attached hydrogens (tertiary/aromatic N) is 8. The Morgan fingerprint density at radius 3 is 1.34 bits per heavy atom. The van der Waals surface area contributed by atoms with E-state index in [4.69, 9.17) is 20.3 Å². The summed E-state index contributed by atoms with van der Waals surface area (Å²) in [5, 5.41) is 36.9. The number of alkyl halides is 1. The van der Waals surface area contributed by atoms with Gasteiger partial charge in [0.2, 0.25) is 0 Å². The molecule has 0 spiro atoms. The van der Waals surface area contributed by atoms with Crippen LogP contribution in [0, 0.1) is 30.3 Å². The van der Waals surface area contributed by atoms with Crippen molar-refractivity contribution in [3.63, 3.8) is 0 Å². The predicted molar refractivity (Wildman–Crippen MR) is 287 cm³/mol. The van der Waals surface area contributed by atoms with Crippen molar-refractivity contribution in [3.8, 4) is 0 Å². The van der Waals surface area contributed by atoms with E-state index >= 15 is 0 Å². The lowest BCUT2D eigenvalue weighted by Gasteiger charge is -2.42. The fourth-order valence-electron chi connectivity index (χ4n) is 8.91. The molecule has 3 fully saturated rings. The summed E-state index contributed by atoms with van der Waals surface area (Å²) in [4.78, 5) is 91.0. The molecule has 3 atom stereocenters. The van der Waals surface area contributed by atoms with Gasteiger partial charge in [-0.15, -0.1) is 0 Å². The van der Waals surface area contributed by atoms with Crippen molar-refractivity contribution in [3.05, 3.63) is 102 Å². The minimum absolute atomic E-state index is 0.00669. The van der Waals surface area contributed by atoms with E-state index < -0.39 is 45.4 Å². The van der Waals surface area contributed by atoms with Crippen LogP contribution >= 0.6 is 0 Å². The number of nitrogens with one attached hydrogen (secondary N) is 1. The highest BCUT2D eigenvalue weighted by molar-refractivity contribution is 5.96. The van der Waals surface area contributed by atoms with Crippen molar-refractivity contribution < 1.29 is 58.7 Å². The minimum Gasteiger partial charge on any atom is -0.462 e. The van der Waals surface area contributed by atoms with Gasteiger partial charge in [-0.3, -0.25) is 34.7 Å². The smallest absolute Gasteiger partial charge is 0.410 e. The number of benzene rings is 3. The van der Waals surface area contributed by atoms with Gasteiger partial charge < -0.3 is 48.8 Å². The molecule has 420 valence electrons. The maximum atomic E-state index is 12.4. The number of hydrogen-bond acceptors (Lipinski definition) is 19. The maximum absolute atomic E-state index is 12.4. The molecular weight excluding hydrogens is 994 g/mol. The largest absolute Gasteiger partial charge is 0.462 e. The Bertz CT molecular complexity index is 2480. The summed E-state index contributed by atoms with van der Waals surface area (Å²) in [6.45, 7) is 23.9. The Balaban J connectivity index is 0.000000299. The lowest BCUT2D eigenvalue weighted by atomic mass is 10.1. The van der Waals surface area contributed by atoms with Crippen LogP contribution in [-0.2, 0) is 18.9 Å². The van der Waals surface area contributed by atoms with Crippen LogP contribution in [0.25, 0.3) is 0 Å². The lowest BCUT2D eigenvalue weighted by Crippen LogP contribution is -2.55. The van der Waals surface area contributed by atoms with Crippen LogP contribution in [0.3, 0.4) is 0 Å². The molecular formula is C52H76FN9O14. The average Bonchev–Trinajstić information content (AvgIpc) is 3.40. The molecule has 6 rings (SSSR count). The van der Waals surface area contributed by atoms with Gasteiger partial charge in [0, 0.05) is 112 Å². The Labute approximate surface area is 445 Å². The van der Waals surface area contributed by atoms with Crippen LogP contribution in [0.15, 0.2) is 54.6 Å². The number of carbonyl (C=O) groups is 4. The Hall–Kier alpha value is -7.21. The number of carbonyl (C=O) groups excluding carboxylic acids is 4. The maximum Gasteiger partial charge on any atom is 0.410 e. The van der Waals surface area contributed by atoms with E-state index in [9.17, 15) is 53.9 Å². The molecule has 0 aromatic heterocycles. The number of rotatable bonds is 15. The SMILES string of the molecule is CCOC(=O)c1cc(N2CCN(C(=O)OC(C)(C)C)C[C@@H]2CC)ccc1[N+](=O)[O-].CCOC(=O)c1cc(N2CCN(C)C[C@@H]2CC)ccc1[N+](=O)[O-].CCOC(=O)c1cc(N2CCNC[C@@H]2CC)ccc1[N+](=O)[O-].[2H]CF. The summed E-state index contributed by atoms with van der Waals surface area (Å²) in [6.07, 6.45) is 2.33. The van der Waals surface area contributed by atoms with Crippen LogP contribution < -0.4 is 20.0 Å². The molecule has 0 radical (unpaired) electrons. The molecule has 3 aliphatic rings. The number of nitro benzene ring substituents is 3. The molecule has 0 bridgehead atoms. The molecule has 3 aromatic carbocycles. The molecule has 1 amide bonds. The number of nitro groups is 3. The van der Waals surface area contributed by atoms with E-state index in [-0.39, 0.29) is 65.7 Å². The second-order valence-electron chi connectivity index (χ2n) is 18.7. The van der Waals surface area contributed by atoms with E-state index in [0.717, 1.165) is 69.9 Å². The fourth-order valence-corrected chi connectivity index (χ4v) is 8.91. The minimum atomic E-state index is -1.00. The van der Waals surface area contributed by atoms with E-state index in [1.54, 1.807) is 56.0 Å². The van der Waals surface area contributed by atoms with Gasteiger partial charge in [-0.05, 0) is 104 Å². The van der Waals surface area contributed by atoms with Gasteiger partial charge in [0.15, 0.2) is 0 Å². The number of anilines is 3. The predicted octanol–water partition coefficient (Wildman–Crippen LogP) is 8.45. The number of amides is 1. The zero-order valence-corrected chi connectivity index (χ0v) is 45.4. The van der Waals surface area contributed by atoms with Crippen LogP contribution in [0.5, 0.6) is 0 Å². The normalized spacial score (nSPS) is 17.7. The summed E-state index contributed by atoms with van der Waals surface area (Å²) in [5.74, 6) is -2.02. The monoisotopic (exact) mass is 1070 g/mol. The van der Waals surface area contributed by atoms with Crippen molar-refractivity contribution in [1.29, 1.82) is 0 Å². The summed E-state index contributed by atoms with van der Waals surface area (Å²) < 4.78 is 35.8. The number of ether oxygens (including phenoxy) is 4. The van der Waals surface area contributed by atoms with Gasteiger partial charge in [-0.1, -0.05) is 20.8 Å². The third kappa shape index (κ3) is 17.4. The number of piperazine rings is 3. The second-order valence-corrected chi connectivity index (χ2v) is 18.7. The Kier molecular flexibility index (Phi) is 24.5. The van der Waals surface area contributed by atoms with E-state index in [1.165, 1.54) is 24.3 Å². The van der Waals surface area contributed by atoms with Crippen molar-refractivity contribution in [2.24, 2.45) is 0 Å². The molecule has 3 aromatic rings. The topological polar surface area (TPSA) is 263 Å². The standard InChI is InChI=1S/C20H29N3O6.C16H23N3O4.C15H21N3O4.CH3F/c1-6-14-13-21(19(25)29-20(3,4)5)10-11-22(14)15-8-9-17(23(26)27)16(12-15)18(24)28-7-2;1-4-12-11-17(3)8-9-18(12)13-6-7-15(19(21)22)14(10-13)16(20)23-5-2;1-3-11-10-16-7-8-17(11)12-5-6-14(18(20)21)13(9-12)15(19)22-4-2;1-2/h8-9,12,14H,6-7,10-11,13H2,1-5H3;6-7,10,12H,4-5,8-9,11H2,1-3H3;5-6,9,11,16H,3-4,7-8,10H2,1-2H3;1H3/t14-;12-;11-;/m000./s1/i;;;1D. The third-order valence-electron chi connectivity index (χ3n) is 12.6. The van der Waals surface area contributed by atoms with Crippen molar-refractivity contribution in [1.82, 2.24) is 15.1 Å². The molecule has 76 heavy (non-hydrogen) atoms. The van der Waals surface area contributed by atoms with Crippen LogP contribution in [0.1, 0.15) is 114 Å². The highest BCUT2D eigenvalue weighted by Gasteiger charge is 2.34. The van der Waals surface area contributed by atoms with Gasteiger partial charge in [0.1, 0.15) is 22.3 Å². The number of hydrogen-bond donors (Lipinski definition) is 1. The molecule has 0 aliphatic carbocycles. The molecule has 3 saturated heterocycles. The first-order valence-electron chi connectivity index (χ1n) is 26.1. The number of likely N-dealkylation sites (N-methyl/N-ethyl adjacent to an activating group) is 1. The van der Waals surface area contributed by atoms with Gasteiger partial charge in [0.25, 0.3) is 17.1 Å². The Morgan fingerprint density at radius 2 is 0.987 bits per heavy atom. The first kappa shape index (κ1) is 61.3. The number of halogens is 1. The molecule has 1 N–H and O–H groups in total. The quantitative estimate of drug-likeness (QED) is 0.0647. The van der Waals surface area contributed by atoms with Crippen LogP contribution in [-0.4, -0.2) is 165 Å². The molecule has 3 heterocycles. The number of esters is 3. The van der Waals surface area contributed by atoms with Crippen molar-refractivity contribution in [2.45, 2.75) is 105 Å². The van der Waals surface area contributed by atoms with Crippen molar-refractivity contribution >= 4 is 58.1 Å². The summed E-state index contributed by atoms with van der Waals surface area (Å²) in [5.41, 5.74) is 1.02. The van der Waals surface area contributed by atoms with Gasteiger partial charge in [-0.2, -0.15) is 0 Å². The summed E-state index contributed by atoms with van der Waals surface area (Å²) in [6, 6.07) is 14.5. The van der Waals surface area contributed by atoms with Gasteiger partial charge >= 0.3 is 24.0 Å². The Morgan fingerprint density at radius 1 is 0.618 bits per heavy atom. The molecule has 0 saturated carbocycles. The van der Waals surface area contributed by atoms with E-state index in [1.807, 2.05) is 27.7 Å². The zero-order valence-electron chi connectivity index (χ0n) is 46.4. The van der Waals surface area contributed by atoms with E-state index in [0.29, 0.717) is 37.4 Å². The summed E-state index contributed by atoms with van der Waals surface area (Å²) in [7, 11) is 1.08. The van der Waals surface area contributed by atoms with Crippen molar-refractivity contribution in [2.75, 3.05) is 108 Å². The van der Waals surface area contributed by atoms with E-state index in [2.05, 4.69) is 45.8 Å². The fraction of sp³-hybridized carbons (Fsp3) is 0.577. The first-order valence-corrected chi connectivity index (χ1v) is 25.4. The third-order valence-corrected chi connectivity index (χ3v) is 12.6. The molecule has 24 heteroatoms. The average molecular weight is 1070 g/mol. The summed E-state index contributed by atoms with van der Waals surface area (Å²) >= 11 is 0. The van der Waals surface area contributed by atoms with Gasteiger partial charge in [-0.25, -0.2) is 19.2 Å². The van der Waals surface area contributed by atoms with Crippen LogP contribution in [0.2, 0.25) is 0 Å². The molecule has 23 nitrogen and oxygen atoms in total. The first-order chi connectivity index (χ1) is 36.5. The second kappa shape index (κ2) is 30.4. The van der Waals surface area contributed by atoms with Gasteiger partial charge in [0.05, 0.1) is 43.1 Å². The lowest BCUT2D eigenvalue weighted by molar-refractivity contribution is -0.385. The zero-order chi connectivity index (χ0) is 57.6. The molecule has 3 aliphatic heterocycles. The highest BCUT2D eigenvalue weighted by atomic mass is 19.1. The van der Waals surface area contributed by atoms with Crippen LogP contribution in [0.4, 0.5) is 43.3 Å².